The van der Waals surface area contributed by atoms with Crippen molar-refractivity contribution in [2.24, 2.45) is 0 Å². The molecule has 2 rings (SSSR count). The molecule has 4 nitrogen and oxygen atoms in total. The van der Waals surface area contributed by atoms with Crippen molar-refractivity contribution < 1.29 is 12.8 Å². The molecule has 1 saturated heterocycles. The van der Waals surface area contributed by atoms with Crippen LogP contribution in [0.15, 0.2) is 29.2 Å². The molecule has 112 valence electrons. The van der Waals surface area contributed by atoms with Gasteiger partial charge in [0, 0.05) is 24.5 Å². The normalized spacial score (nSPS) is 16.6. The molecule has 0 aliphatic carbocycles. The van der Waals surface area contributed by atoms with Gasteiger partial charge in [-0.15, -0.1) is 11.8 Å². The second-order valence-corrected chi connectivity index (χ2v) is 7.58. The van der Waals surface area contributed by atoms with E-state index in [-0.39, 0.29) is 5.82 Å². The lowest BCUT2D eigenvalue weighted by Crippen LogP contribution is -2.39. The van der Waals surface area contributed by atoms with Gasteiger partial charge in [0.15, 0.2) is 0 Å². The van der Waals surface area contributed by atoms with Crippen LogP contribution in [-0.4, -0.2) is 38.1 Å². The first kappa shape index (κ1) is 15.8. The predicted octanol–water partition coefficient (Wildman–Crippen LogP) is 2.24. The molecular formula is C13H19FN2O2S2. The molecule has 1 aliphatic rings. The van der Waals surface area contributed by atoms with Gasteiger partial charge in [0.1, 0.15) is 5.82 Å². The van der Waals surface area contributed by atoms with Crippen LogP contribution in [-0.2, 0) is 10.2 Å². The Hall–Kier alpha value is -0.630. The van der Waals surface area contributed by atoms with E-state index in [1.165, 1.54) is 16.4 Å². The molecule has 7 heteroatoms. The second-order valence-electron chi connectivity index (χ2n) is 4.66. The van der Waals surface area contributed by atoms with Crippen molar-refractivity contribution in [3.05, 3.63) is 30.1 Å². The van der Waals surface area contributed by atoms with E-state index in [1.54, 1.807) is 23.9 Å². The van der Waals surface area contributed by atoms with Crippen LogP contribution >= 0.6 is 11.8 Å². The summed E-state index contributed by atoms with van der Waals surface area (Å²) in [7, 11) is -3.29. The molecule has 0 radical (unpaired) electrons. The van der Waals surface area contributed by atoms with Gasteiger partial charge in [-0.3, -0.25) is 0 Å². The van der Waals surface area contributed by atoms with E-state index >= 15 is 0 Å². The lowest BCUT2D eigenvalue weighted by molar-refractivity contribution is 0.465. The number of hydrogen-bond donors (Lipinski definition) is 1. The Morgan fingerprint density at radius 3 is 2.50 bits per heavy atom. The monoisotopic (exact) mass is 318 g/mol. The minimum absolute atomic E-state index is 0.243. The smallest absolute Gasteiger partial charge is 0.207 e. The van der Waals surface area contributed by atoms with Crippen LogP contribution in [0.3, 0.4) is 0 Å². The van der Waals surface area contributed by atoms with Crippen LogP contribution in [0.4, 0.5) is 4.39 Å². The Kier molecular flexibility index (Phi) is 5.83. The highest BCUT2D eigenvalue weighted by Crippen LogP contribution is 2.18. The Morgan fingerprint density at radius 1 is 1.20 bits per heavy atom. The van der Waals surface area contributed by atoms with Crippen LogP contribution in [0.1, 0.15) is 19.3 Å². The van der Waals surface area contributed by atoms with E-state index in [2.05, 4.69) is 4.72 Å². The maximum atomic E-state index is 12.7. The molecule has 0 amide bonds. The highest BCUT2D eigenvalue weighted by molar-refractivity contribution is 7.99. The molecular weight excluding hydrogens is 299 g/mol. The number of rotatable bonds is 7. The average molecular weight is 318 g/mol. The fourth-order valence-corrected chi connectivity index (χ4v) is 4.19. The Bertz CT molecular complexity index is 514. The topological polar surface area (TPSA) is 49.4 Å². The maximum Gasteiger partial charge on any atom is 0.279 e. The minimum Gasteiger partial charge on any atom is -0.207 e. The SMILES string of the molecule is O=S(=O)(NCCCSc1ccc(F)cc1)N1CCCC1. The van der Waals surface area contributed by atoms with Gasteiger partial charge in [0.05, 0.1) is 0 Å². The van der Waals surface area contributed by atoms with Gasteiger partial charge in [0.2, 0.25) is 0 Å². The molecule has 0 unspecified atom stereocenters. The Balaban J connectivity index is 1.65. The quantitative estimate of drug-likeness (QED) is 0.619. The van der Waals surface area contributed by atoms with E-state index in [0.29, 0.717) is 19.6 Å². The van der Waals surface area contributed by atoms with Crippen molar-refractivity contribution in [3.63, 3.8) is 0 Å². The summed E-state index contributed by atoms with van der Waals surface area (Å²) in [6.07, 6.45) is 2.64. The van der Waals surface area contributed by atoms with E-state index in [1.807, 2.05) is 0 Å². The van der Waals surface area contributed by atoms with Gasteiger partial charge in [-0.1, -0.05) is 0 Å². The Morgan fingerprint density at radius 2 is 1.85 bits per heavy atom. The summed E-state index contributed by atoms with van der Waals surface area (Å²) < 4.78 is 40.6. The van der Waals surface area contributed by atoms with Gasteiger partial charge in [-0.05, 0) is 49.3 Å². The maximum absolute atomic E-state index is 12.7. The Labute approximate surface area is 123 Å². The number of hydrogen-bond acceptors (Lipinski definition) is 3. The van der Waals surface area contributed by atoms with Crippen LogP contribution in [0.2, 0.25) is 0 Å². The molecule has 1 aromatic rings. The summed E-state index contributed by atoms with van der Waals surface area (Å²) in [6, 6.07) is 6.32. The van der Waals surface area contributed by atoms with Gasteiger partial charge in [0.25, 0.3) is 10.2 Å². The zero-order chi connectivity index (χ0) is 14.4. The van der Waals surface area contributed by atoms with Crippen molar-refractivity contribution >= 4 is 22.0 Å². The van der Waals surface area contributed by atoms with Gasteiger partial charge < -0.3 is 0 Å². The summed E-state index contributed by atoms with van der Waals surface area (Å²) >= 11 is 1.60. The van der Waals surface area contributed by atoms with E-state index < -0.39 is 10.2 Å². The van der Waals surface area contributed by atoms with Crippen LogP contribution in [0.25, 0.3) is 0 Å². The fraction of sp³-hybridized carbons (Fsp3) is 0.538. The van der Waals surface area contributed by atoms with E-state index in [9.17, 15) is 12.8 Å². The highest BCUT2D eigenvalue weighted by atomic mass is 32.2. The number of benzene rings is 1. The van der Waals surface area contributed by atoms with Gasteiger partial charge in [-0.2, -0.15) is 12.7 Å². The predicted molar refractivity (Wildman–Crippen MR) is 79.5 cm³/mol. The van der Waals surface area contributed by atoms with Crippen LogP contribution in [0.5, 0.6) is 0 Å². The molecule has 0 aromatic heterocycles. The summed E-state index contributed by atoms with van der Waals surface area (Å²) in [5.74, 6) is 0.557. The molecule has 20 heavy (non-hydrogen) atoms. The van der Waals surface area contributed by atoms with E-state index in [0.717, 1.165) is 29.9 Å². The molecule has 0 saturated carbocycles. The summed E-state index contributed by atoms with van der Waals surface area (Å²) in [6.45, 7) is 1.69. The summed E-state index contributed by atoms with van der Waals surface area (Å²) in [5, 5.41) is 0. The van der Waals surface area contributed by atoms with Crippen molar-refractivity contribution in [3.8, 4) is 0 Å². The van der Waals surface area contributed by atoms with Crippen LogP contribution < -0.4 is 4.72 Å². The number of thioether (sulfide) groups is 1. The summed E-state index contributed by atoms with van der Waals surface area (Å²) in [4.78, 5) is 0.994. The van der Waals surface area contributed by atoms with Crippen molar-refractivity contribution in [1.82, 2.24) is 9.03 Å². The van der Waals surface area contributed by atoms with Crippen molar-refractivity contribution in [2.75, 3.05) is 25.4 Å². The third-order valence-electron chi connectivity index (χ3n) is 3.09. The lowest BCUT2D eigenvalue weighted by atomic mass is 10.4. The molecule has 1 aliphatic heterocycles. The molecule has 1 fully saturated rings. The first-order valence-electron chi connectivity index (χ1n) is 6.71. The number of nitrogens with zero attached hydrogens (tertiary/aromatic N) is 1. The summed E-state index contributed by atoms with van der Waals surface area (Å²) in [5.41, 5.74) is 0. The largest absolute Gasteiger partial charge is 0.279 e. The molecule has 1 N–H and O–H groups in total. The third-order valence-corrected chi connectivity index (χ3v) is 5.81. The van der Waals surface area contributed by atoms with E-state index in [4.69, 9.17) is 0 Å². The fourth-order valence-electron chi connectivity index (χ4n) is 2.01. The molecule has 0 bridgehead atoms. The zero-order valence-electron chi connectivity index (χ0n) is 11.2. The van der Waals surface area contributed by atoms with Crippen molar-refractivity contribution in [1.29, 1.82) is 0 Å². The molecule has 0 atom stereocenters. The standard InChI is InChI=1S/C13H19FN2O2S2/c14-12-4-6-13(7-5-12)19-11-3-8-15-20(17,18)16-9-1-2-10-16/h4-7,15H,1-3,8-11H2. The third kappa shape index (κ3) is 4.73. The molecule has 0 spiro atoms. The average Bonchev–Trinajstić information content (AvgIpc) is 2.95. The van der Waals surface area contributed by atoms with Gasteiger partial charge >= 0.3 is 0 Å². The molecule has 1 aromatic carbocycles. The first-order chi connectivity index (χ1) is 9.58. The second kappa shape index (κ2) is 7.40. The minimum atomic E-state index is -3.29. The first-order valence-corrected chi connectivity index (χ1v) is 9.13. The molecule has 1 heterocycles. The number of halogens is 1. The highest BCUT2D eigenvalue weighted by Gasteiger charge is 2.24. The van der Waals surface area contributed by atoms with Crippen molar-refractivity contribution in [2.45, 2.75) is 24.2 Å². The number of nitrogens with one attached hydrogen (secondary N) is 1. The van der Waals surface area contributed by atoms with Crippen LogP contribution in [0, 0.1) is 5.82 Å². The zero-order valence-corrected chi connectivity index (χ0v) is 12.9. The lowest BCUT2D eigenvalue weighted by Gasteiger charge is -2.15. The van der Waals surface area contributed by atoms with Gasteiger partial charge in [-0.25, -0.2) is 9.11 Å².